The standard InChI is InChI=1S/C11H18N8O/c1-7(2)20-11-16-9(12-3)15-10(17-11)13-5-8-14-6-19(4)18-8/h6-7H,5H2,1-4H3,(H2,12,13,15,16,17). The Morgan fingerprint density at radius 1 is 1.25 bits per heavy atom. The van der Waals surface area contributed by atoms with Gasteiger partial charge in [0.15, 0.2) is 5.82 Å². The number of nitrogens with one attached hydrogen (secondary N) is 2. The minimum atomic E-state index is -0.00703. The van der Waals surface area contributed by atoms with Crippen LogP contribution in [0, 0.1) is 0 Å². The fourth-order valence-electron chi connectivity index (χ4n) is 1.43. The van der Waals surface area contributed by atoms with Crippen LogP contribution in [-0.2, 0) is 13.6 Å². The Labute approximate surface area is 116 Å². The van der Waals surface area contributed by atoms with Gasteiger partial charge in [-0.3, -0.25) is 4.68 Å². The van der Waals surface area contributed by atoms with Crippen LogP contribution in [0.15, 0.2) is 6.33 Å². The van der Waals surface area contributed by atoms with Gasteiger partial charge in [0.25, 0.3) is 0 Å². The molecular formula is C11H18N8O. The van der Waals surface area contributed by atoms with E-state index in [9.17, 15) is 0 Å². The minimum Gasteiger partial charge on any atom is -0.461 e. The third kappa shape index (κ3) is 3.77. The lowest BCUT2D eigenvalue weighted by Gasteiger charge is -2.10. The van der Waals surface area contributed by atoms with Crippen LogP contribution in [0.4, 0.5) is 11.9 Å². The summed E-state index contributed by atoms with van der Waals surface area (Å²) < 4.78 is 7.11. The number of aryl methyl sites for hydroxylation is 1. The highest BCUT2D eigenvalue weighted by molar-refractivity contribution is 5.35. The van der Waals surface area contributed by atoms with Crippen LogP contribution >= 0.6 is 0 Å². The highest BCUT2D eigenvalue weighted by Crippen LogP contribution is 2.12. The lowest BCUT2D eigenvalue weighted by molar-refractivity contribution is 0.222. The Morgan fingerprint density at radius 3 is 2.60 bits per heavy atom. The topological polar surface area (TPSA) is 103 Å². The molecule has 0 bridgehead atoms. The minimum absolute atomic E-state index is 0.00703. The van der Waals surface area contributed by atoms with Crippen molar-refractivity contribution < 1.29 is 4.74 Å². The average molecular weight is 278 g/mol. The van der Waals surface area contributed by atoms with E-state index in [0.717, 1.165) is 0 Å². The number of nitrogens with zero attached hydrogens (tertiary/aromatic N) is 6. The second-order valence-electron chi connectivity index (χ2n) is 4.37. The first-order valence-corrected chi connectivity index (χ1v) is 6.25. The van der Waals surface area contributed by atoms with Crippen molar-refractivity contribution in [1.29, 1.82) is 0 Å². The Balaban J connectivity index is 2.09. The van der Waals surface area contributed by atoms with E-state index < -0.39 is 0 Å². The zero-order chi connectivity index (χ0) is 14.5. The summed E-state index contributed by atoms with van der Waals surface area (Å²) in [6.07, 6.45) is 1.63. The second-order valence-corrected chi connectivity index (χ2v) is 4.37. The van der Waals surface area contributed by atoms with E-state index >= 15 is 0 Å². The first-order chi connectivity index (χ1) is 9.56. The summed E-state index contributed by atoms with van der Waals surface area (Å²) in [6, 6.07) is 0.274. The molecule has 2 heterocycles. The molecule has 0 aliphatic heterocycles. The van der Waals surface area contributed by atoms with Crippen molar-refractivity contribution in [3.8, 4) is 6.01 Å². The van der Waals surface area contributed by atoms with Crippen LogP contribution in [-0.4, -0.2) is 42.9 Å². The molecule has 2 aromatic heterocycles. The van der Waals surface area contributed by atoms with Crippen molar-refractivity contribution in [3.63, 3.8) is 0 Å². The van der Waals surface area contributed by atoms with Gasteiger partial charge >= 0.3 is 6.01 Å². The molecule has 0 aromatic carbocycles. The summed E-state index contributed by atoms with van der Waals surface area (Å²) in [7, 11) is 3.55. The second kappa shape index (κ2) is 6.13. The maximum Gasteiger partial charge on any atom is 0.323 e. The normalized spacial score (nSPS) is 10.7. The number of rotatable bonds is 6. The van der Waals surface area contributed by atoms with Gasteiger partial charge in [0.2, 0.25) is 11.9 Å². The molecule has 0 amide bonds. The van der Waals surface area contributed by atoms with Gasteiger partial charge < -0.3 is 15.4 Å². The SMILES string of the molecule is CNc1nc(NCc2ncn(C)n2)nc(OC(C)C)n1. The molecule has 0 atom stereocenters. The van der Waals surface area contributed by atoms with Crippen LogP contribution in [0.1, 0.15) is 19.7 Å². The Morgan fingerprint density at radius 2 is 2.00 bits per heavy atom. The Bertz CT molecular complexity index is 567. The van der Waals surface area contributed by atoms with Gasteiger partial charge in [-0.05, 0) is 13.8 Å². The fourth-order valence-corrected chi connectivity index (χ4v) is 1.43. The number of ether oxygens (including phenoxy) is 1. The van der Waals surface area contributed by atoms with E-state index in [2.05, 4.69) is 35.7 Å². The molecule has 108 valence electrons. The monoisotopic (exact) mass is 278 g/mol. The van der Waals surface area contributed by atoms with E-state index in [0.29, 0.717) is 24.3 Å². The van der Waals surface area contributed by atoms with Crippen LogP contribution in [0.25, 0.3) is 0 Å². The highest BCUT2D eigenvalue weighted by Gasteiger charge is 2.08. The number of anilines is 2. The molecule has 0 fully saturated rings. The van der Waals surface area contributed by atoms with Crippen molar-refractivity contribution in [1.82, 2.24) is 29.7 Å². The molecule has 9 heteroatoms. The molecule has 2 rings (SSSR count). The first-order valence-electron chi connectivity index (χ1n) is 6.25. The number of hydrogen-bond donors (Lipinski definition) is 2. The molecule has 0 unspecified atom stereocenters. The largest absolute Gasteiger partial charge is 0.461 e. The van der Waals surface area contributed by atoms with Crippen molar-refractivity contribution >= 4 is 11.9 Å². The zero-order valence-corrected chi connectivity index (χ0v) is 12.0. The Kier molecular flexibility index (Phi) is 4.28. The summed E-state index contributed by atoms with van der Waals surface area (Å²) in [5.41, 5.74) is 0. The summed E-state index contributed by atoms with van der Waals surface area (Å²) >= 11 is 0. The number of aromatic nitrogens is 6. The maximum atomic E-state index is 5.48. The van der Waals surface area contributed by atoms with E-state index in [1.54, 1.807) is 18.1 Å². The smallest absolute Gasteiger partial charge is 0.323 e. The molecular weight excluding hydrogens is 260 g/mol. The molecule has 0 saturated carbocycles. The molecule has 0 aliphatic carbocycles. The van der Waals surface area contributed by atoms with E-state index in [-0.39, 0.29) is 12.1 Å². The van der Waals surface area contributed by atoms with Gasteiger partial charge in [-0.1, -0.05) is 0 Å². The number of hydrogen-bond acceptors (Lipinski definition) is 8. The fraction of sp³-hybridized carbons (Fsp3) is 0.545. The lowest BCUT2D eigenvalue weighted by Crippen LogP contribution is -2.13. The predicted octanol–water partition coefficient (Wildman–Crippen LogP) is 0.441. The summed E-state index contributed by atoms with van der Waals surface area (Å²) in [5.74, 6) is 1.50. The zero-order valence-electron chi connectivity index (χ0n) is 12.0. The first kappa shape index (κ1) is 14.0. The van der Waals surface area contributed by atoms with Crippen LogP contribution < -0.4 is 15.4 Å². The van der Waals surface area contributed by atoms with Crippen molar-refractivity contribution in [2.75, 3.05) is 17.7 Å². The molecule has 0 spiro atoms. The van der Waals surface area contributed by atoms with Gasteiger partial charge in [0, 0.05) is 14.1 Å². The highest BCUT2D eigenvalue weighted by atomic mass is 16.5. The van der Waals surface area contributed by atoms with Gasteiger partial charge in [0.05, 0.1) is 12.6 Å². The van der Waals surface area contributed by atoms with Gasteiger partial charge in [-0.15, -0.1) is 0 Å². The maximum absolute atomic E-state index is 5.48. The molecule has 0 saturated heterocycles. The van der Waals surface area contributed by atoms with E-state index in [4.69, 9.17) is 4.74 Å². The van der Waals surface area contributed by atoms with Crippen molar-refractivity contribution in [3.05, 3.63) is 12.2 Å². The van der Waals surface area contributed by atoms with Crippen molar-refractivity contribution in [2.45, 2.75) is 26.5 Å². The molecule has 9 nitrogen and oxygen atoms in total. The third-order valence-corrected chi connectivity index (χ3v) is 2.23. The van der Waals surface area contributed by atoms with Gasteiger partial charge in [0.1, 0.15) is 6.33 Å². The summed E-state index contributed by atoms with van der Waals surface area (Å²) in [5, 5.41) is 10.1. The molecule has 2 aromatic rings. The van der Waals surface area contributed by atoms with Crippen LogP contribution in [0.2, 0.25) is 0 Å². The molecule has 20 heavy (non-hydrogen) atoms. The summed E-state index contributed by atoms with van der Waals surface area (Å²) in [6.45, 7) is 4.25. The van der Waals surface area contributed by atoms with Gasteiger partial charge in [-0.2, -0.15) is 20.1 Å². The van der Waals surface area contributed by atoms with Crippen LogP contribution in [0.3, 0.4) is 0 Å². The summed E-state index contributed by atoms with van der Waals surface area (Å²) in [4.78, 5) is 16.6. The lowest BCUT2D eigenvalue weighted by atomic mass is 10.5. The van der Waals surface area contributed by atoms with E-state index in [1.165, 1.54) is 0 Å². The average Bonchev–Trinajstić information content (AvgIpc) is 2.81. The van der Waals surface area contributed by atoms with E-state index in [1.807, 2.05) is 20.9 Å². The predicted molar refractivity (Wildman–Crippen MR) is 73.5 cm³/mol. The third-order valence-electron chi connectivity index (χ3n) is 2.23. The Hall–Kier alpha value is -2.45. The van der Waals surface area contributed by atoms with Crippen LogP contribution in [0.5, 0.6) is 6.01 Å². The molecule has 0 aliphatic rings. The quantitative estimate of drug-likeness (QED) is 0.784. The molecule has 2 N–H and O–H groups in total. The van der Waals surface area contributed by atoms with Crippen molar-refractivity contribution in [2.24, 2.45) is 7.05 Å². The van der Waals surface area contributed by atoms with Gasteiger partial charge in [-0.25, -0.2) is 4.98 Å². The molecule has 0 radical (unpaired) electrons.